The summed E-state index contributed by atoms with van der Waals surface area (Å²) in [6.07, 6.45) is 1.61. The molecule has 0 saturated heterocycles. The van der Waals surface area contributed by atoms with Crippen molar-refractivity contribution >= 4 is 11.3 Å². The Labute approximate surface area is 84.9 Å². The van der Waals surface area contributed by atoms with Crippen molar-refractivity contribution in [2.75, 3.05) is 0 Å². The Hall–Kier alpha value is -1.86. The maximum absolute atomic E-state index is 9.51. The van der Waals surface area contributed by atoms with E-state index in [4.69, 9.17) is 5.26 Å². The van der Waals surface area contributed by atoms with E-state index in [2.05, 4.69) is 4.98 Å². The number of aromatic nitrogens is 1. The summed E-state index contributed by atoms with van der Waals surface area (Å²) in [6, 6.07) is 8.79. The molecule has 2 aromatic rings. The van der Waals surface area contributed by atoms with Gasteiger partial charge in [0.2, 0.25) is 0 Å². The smallest absolute Gasteiger partial charge is 0.142 e. The molecule has 1 N–H and O–H groups in total. The molecule has 4 heteroatoms. The van der Waals surface area contributed by atoms with Crippen LogP contribution in [0.2, 0.25) is 0 Å². The molecular weight excluding hydrogens is 196 g/mol. The lowest BCUT2D eigenvalue weighted by Crippen LogP contribution is -1.78. The van der Waals surface area contributed by atoms with Gasteiger partial charge in [0.05, 0.1) is 4.88 Å². The van der Waals surface area contributed by atoms with Crippen molar-refractivity contribution in [2.24, 2.45) is 0 Å². The fourth-order valence-corrected chi connectivity index (χ4v) is 1.92. The first-order valence-electron chi connectivity index (χ1n) is 3.95. The zero-order valence-electron chi connectivity index (χ0n) is 7.14. The molecule has 0 fully saturated rings. The van der Waals surface area contributed by atoms with Gasteiger partial charge in [-0.2, -0.15) is 5.26 Å². The predicted octanol–water partition coefficient (Wildman–Crippen LogP) is 2.39. The van der Waals surface area contributed by atoms with E-state index in [0.717, 1.165) is 4.88 Å². The largest absolute Gasteiger partial charge is 0.506 e. The van der Waals surface area contributed by atoms with Gasteiger partial charge >= 0.3 is 0 Å². The minimum absolute atomic E-state index is 0.138. The average Bonchev–Trinajstić information content (AvgIpc) is 2.67. The lowest BCUT2D eigenvalue weighted by Gasteiger charge is -1.97. The van der Waals surface area contributed by atoms with Gasteiger partial charge in [-0.05, 0) is 24.3 Å². The molecule has 0 amide bonds. The fourth-order valence-electron chi connectivity index (χ4n) is 1.11. The lowest BCUT2D eigenvalue weighted by atomic mass is 10.3. The van der Waals surface area contributed by atoms with Gasteiger partial charge in [-0.15, -0.1) is 11.3 Å². The summed E-state index contributed by atoms with van der Waals surface area (Å²) < 4.78 is 0. The third kappa shape index (κ3) is 1.45. The van der Waals surface area contributed by atoms with Crippen LogP contribution in [0.15, 0.2) is 30.5 Å². The average molecular weight is 202 g/mol. The molecule has 2 heterocycles. The second-order valence-electron chi connectivity index (χ2n) is 2.65. The molecule has 2 rings (SSSR count). The van der Waals surface area contributed by atoms with Crippen LogP contribution < -0.4 is 0 Å². The maximum Gasteiger partial charge on any atom is 0.142 e. The van der Waals surface area contributed by atoms with Crippen LogP contribution in [-0.2, 0) is 0 Å². The summed E-state index contributed by atoms with van der Waals surface area (Å²) >= 11 is 1.32. The Kier molecular flexibility index (Phi) is 2.17. The quantitative estimate of drug-likeness (QED) is 0.772. The third-order valence-electron chi connectivity index (χ3n) is 1.74. The Morgan fingerprint density at radius 2 is 2.21 bits per heavy atom. The van der Waals surface area contributed by atoms with E-state index < -0.39 is 0 Å². The van der Waals surface area contributed by atoms with Gasteiger partial charge in [-0.3, -0.25) is 4.98 Å². The van der Waals surface area contributed by atoms with Gasteiger partial charge < -0.3 is 5.11 Å². The van der Waals surface area contributed by atoms with E-state index in [1.165, 1.54) is 11.3 Å². The summed E-state index contributed by atoms with van der Waals surface area (Å²) in [5.74, 6) is 0.138. The van der Waals surface area contributed by atoms with Crippen molar-refractivity contribution in [3.63, 3.8) is 0 Å². The van der Waals surface area contributed by atoms with Crippen LogP contribution in [0.25, 0.3) is 10.6 Å². The summed E-state index contributed by atoms with van der Waals surface area (Å²) in [7, 11) is 0. The van der Waals surface area contributed by atoms with E-state index in [0.29, 0.717) is 10.6 Å². The molecule has 68 valence electrons. The second kappa shape index (κ2) is 3.48. The van der Waals surface area contributed by atoms with E-state index in [-0.39, 0.29) is 5.75 Å². The van der Waals surface area contributed by atoms with Crippen molar-refractivity contribution in [1.82, 2.24) is 4.98 Å². The van der Waals surface area contributed by atoms with Crippen LogP contribution in [0.5, 0.6) is 5.75 Å². The zero-order chi connectivity index (χ0) is 9.97. The number of hydrogen-bond donors (Lipinski definition) is 1. The van der Waals surface area contributed by atoms with Crippen LogP contribution in [0.4, 0.5) is 0 Å². The molecule has 0 aliphatic rings. The highest BCUT2D eigenvalue weighted by Gasteiger charge is 2.07. The maximum atomic E-state index is 9.51. The number of rotatable bonds is 1. The Bertz CT molecular complexity index is 499. The van der Waals surface area contributed by atoms with Crippen molar-refractivity contribution in [3.05, 3.63) is 35.3 Å². The van der Waals surface area contributed by atoms with E-state index >= 15 is 0 Å². The van der Waals surface area contributed by atoms with Crippen molar-refractivity contribution < 1.29 is 5.11 Å². The number of thiophene rings is 1. The van der Waals surface area contributed by atoms with Gasteiger partial charge in [0.15, 0.2) is 0 Å². The Morgan fingerprint density at radius 3 is 2.86 bits per heavy atom. The molecule has 0 aliphatic heterocycles. The van der Waals surface area contributed by atoms with Crippen LogP contribution in [-0.4, -0.2) is 10.1 Å². The molecule has 0 bridgehead atoms. The molecule has 2 aromatic heterocycles. The SMILES string of the molecule is N#Cc1ccc(-c2ncccc2O)s1. The van der Waals surface area contributed by atoms with Gasteiger partial charge in [0.25, 0.3) is 0 Å². The fraction of sp³-hybridized carbons (Fsp3) is 0. The highest BCUT2D eigenvalue weighted by Crippen LogP contribution is 2.31. The summed E-state index contributed by atoms with van der Waals surface area (Å²) in [5, 5.41) is 18.2. The van der Waals surface area contributed by atoms with E-state index in [1.54, 1.807) is 30.5 Å². The van der Waals surface area contributed by atoms with E-state index in [9.17, 15) is 5.11 Å². The number of aromatic hydroxyl groups is 1. The summed E-state index contributed by atoms with van der Waals surface area (Å²) in [4.78, 5) is 5.47. The second-order valence-corrected chi connectivity index (χ2v) is 3.73. The zero-order valence-corrected chi connectivity index (χ0v) is 7.95. The molecule has 0 spiro atoms. The molecule has 0 atom stereocenters. The third-order valence-corrected chi connectivity index (χ3v) is 2.73. The molecule has 3 nitrogen and oxygen atoms in total. The molecule has 0 aliphatic carbocycles. The highest BCUT2D eigenvalue weighted by atomic mass is 32.1. The van der Waals surface area contributed by atoms with Crippen LogP contribution in [0.1, 0.15) is 4.88 Å². The topological polar surface area (TPSA) is 56.9 Å². The van der Waals surface area contributed by atoms with Crippen LogP contribution in [0, 0.1) is 11.3 Å². The minimum Gasteiger partial charge on any atom is -0.506 e. The predicted molar refractivity (Wildman–Crippen MR) is 53.9 cm³/mol. The number of nitriles is 1. The first-order chi connectivity index (χ1) is 6.81. The van der Waals surface area contributed by atoms with Crippen molar-refractivity contribution in [1.29, 1.82) is 5.26 Å². The van der Waals surface area contributed by atoms with Gasteiger partial charge in [0, 0.05) is 6.20 Å². The normalized spacial score (nSPS) is 9.64. The molecule has 0 aromatic carbocycles. The number of hydrogen-bond acceptors (Lipinski definition) is 4. The van der Waals surface area contributed by atoms with E-state index in [1.807, 2.05) is 6.07 Å². The molecular formula is C10H6N2OS. The number of nitrogens with zero attached hydrogens (tertiary/aromatic N) is 2. The summed E-state index contributed by atoms with van der Waals surface area (Å²) in [5.41, 5.74) is 0.527. The molecule has 0 saturated carbocycles. The van der Waals surface area contributed by atoms with Gasteiger partial charge in [-0.25, -0.2) is 0 Å². The Balaban J connectivity index is 2.51. The standard InChI is InChI=1S/C10H6N2OS/c11-6-7-3-4-9(14-7)10-8(13)2-1-5-12-10/h1-5,13H. The monoisotopic (exact) mass is 202 g/mol. The Morgan fingerprint density at radius 1 is 1.36 bits per heavy atom. The first kappa shape index (κ1) is 8.73. The molecule has 0 radical (unpaired) electrons. The molecule has 14 heavy (non-hydrogen) atoms. The lowest BCUT2D eigenvalue weighted by molar-refractivity contribution is 0.475. The summed E-state index contributed by atoms with van der Waals surface area (Å²) in [6.45, 7) is 0. The van der Waals surface area contributed by atoms with Gasteiger partial charge in [0.1, 0.15) is 22.4 Å². The molecule has 0 unspecified atom stereocenters. The highest BCUT2D eigenvalue weighted by molar-refractivity contribution is 7.16. The minimum atomic E-state index is 0.138. The first-order valence-corrected chi connectivity index (χ1v) is 4.77. The van der Waals surface area contributed by atoms with Crippen LogP contribution >= 0.6 is 11.3 Å². The van der Waals surface area contributed by atoms with Crippen molar-refractivity contribution in [3.8, 4) is 22.4 Å². The van der Waals surface area contributed by atoms with Crippen molar-refractivity contribution in [2.45, 2.75) is 0 Å². The van der Waals surface area contributed by atoms with Gasteiger partial charge in [-0.1, -0.05) is 0 Å². The van der Waals surface area contributed by atoms with Crippen LogP contribution in [0.3, 0.4) is 0 Å². The number of pyridine rings is 1.